The molecule has 9 nitrogen and oxygen atoms in total. The van der Waals surface area contributed by atoms with Gasteiger partial charge in [0.15, 0.2) is 0 Å². The highest BCUT2D eigenvalue weighted by atomic mass is 32.2. The lowest BCUT2D eigenvalue weighted by Crippen LogP contribution is -2.56. The highest BCUT2D eigenvalue weighted by Crippen LogP contribution is 2.11. The molecule has 0 radical (unpaired) electrons. The summed E-state index contributed by atoms with van der Waals surface area (Å²) in [5, 5.41) is 8.83. The van der Waals surface area contributed by atoms with Gasteiger partial charge in [0.05, 0.1) is 20.3 Å². The SMILES string of the molecule is COC(=O)NS(=O)(=O)N1CCOCC1C(=O)O. The molecule has 1 aliphatic rings. The molecule has 0 spiro atoms. The molecule has 98 valence electrons. The number of carboxylic acids is 1. The molecule has 17 heavy (non-hydrogen) atoms. The predicted octanol–water partition coefficient (Wildman–Crippen LogP) is -1.63. The molecule has 1 atom stereocenters. The van der Waals surface area contributed by atoms with Gasteiger partial charge < -0.3 is 14.6 Å². The molecule has 1 saturated heterocycles. The number of nitrogens with one attached hydrogen (secondary N) is 1. The molecular formula is C7H12N2O7S. The first-order valence-corrected chi connectivity index (χ1v) is 6.00. The largest absolute Gasteiger partial charge is 0.480 e. The third-order valence-electron chi connectivity index (χ3n) is 2.07. The molecule has 0 aromatic carbocycles. The normalized spacial score (nSPS) is 21.8. The summed E-state index contributed by atoms with van der Waals surface area (Å²) >= 11 is 0. The van der Waals surface area contributed by atoms with Gasteiger partial charge in [0, 0.05) is 6.54 Å². The van der Waals surface area contributed by atoms with Crippen LogP contribution in [0.2, 0.25) is 0 Å². The number of nitrogens with zero attached hydrogens (tertiary/aromatic N) is 1. The number of amides is 1. The van der Waals surface area contributed by atoms with Crippen molar-refractivity contribution in [2.24, 2.45) is 0 Å². The fourth-order valence-electron chi connectivity index (χ4n) is 1.28. The van der Waals surface area contributed by atoms with Crippen molar-refractivity contribution in [1.82, 2.24) is 9.03 Å². The number of carbonyl (C=O) groups excluding carboxylic acids is 1. The van der Waals surface area contributed by atoms with E-state index in [1.807, 2.05) is 0 Å². The topological polar surface area (TPSA) is 122 Å². The van der Waals surface area contributed by atoms with Gasteiger partial charge in [-0.25, -0.2) is 9.52 Å². The van der Waals surface area contributed by atoms with Crippen LogP contribution < -0.4 is 4.72 Å². The maximum Gasteiger partial charge on any atom is 0.421 e. The zero-order valence-corrected chi connectivity index (χ0v) is 9.77. The molecule has 1 unspecified atom stereocenters. The van der Waals surface area contributed by atoms with Gasteiger partial charge in [0.1, 0.15) is 6.04 Å². The van der Waals surface area contributed by atoms with Gasteiger partial charge in [-0.1, -0.05) is 0 Å². The summed E-state index contributed by atoms with van der Waals surface area (Å²) < 4.78 is 34.6. The van der Waals surface area contributed by atoms with E-state index in [0.717, 1.165) is 7.11 Å². The van der Waals surface area contributed by atoms with E-state index in [1.54, 1.807) is 4.72 Å². The van der Waals surface area contributed by atoms with Crippen molar-refractivity contribution in [3.8, 4) is 0 Å². The molecule has 1 rings (SSSR count). The van der Waals surface area contributed by atoms with Crippen molar-refractivity contribution in [3.63, 3.8) is 0 Å². The van der Waals surface area contributed by atoms with Gasteiger partial charge >= 0.3 is 22.3 Å². The zero-order chi connectivity index (χ0) is 13.1. The van der Waals surface area contributed by atoms with E-state index in [-0.39, 0.29) is 19.8 Å². The monoisotopic (exact) mass is 268 g/mol. The number of morpholine rings is 1. The molecule has 10 heteroatoms. The van der Waals surface area contributed by atoms with Crippen molar-refractivity contribution < 1.29 is 32.6 Å². The molecular weight excluding hydrogens is 256 g/mol. The standard InChI is InChI=1S/C7H12N2O7S/c1-15-7(12)8-17(13,14)9-2-3-16-4-5(9)6(10)11/h5H,2-4H2,1H3,(H,8,12)(H,10,11). The fourth-order valence-corrected chi connectivity index (χ4v) is 2.49. The maximum atomic E-state index is 11.7. The van der Waals surface area contributed by atoms with Gasteiger partial charge in [0.2, 0.25) is 0 Å². The first-order chi connectivity index (χ1) is 7.88. The van der Waals surface area contributed by atoms with Gasteiger partial charge in [-0.2, -0.15) is 12.7 Å². The summed E-state index contributed by atoms with van der Waals surface area (Å²) in [5.41, 5.74) is 0. The van der Waals surface area contributed by atoms with Gasteiger partial charge in [-0.3, -0.25) is 4.79 Å². The zero-order valence-electron chi connectivity index (χ0n) is 8.95. The quantitative estimate of drug-likeness (QED) is 0.630. The lowest BCUT2D eigenvalue weighted by atomic mass is 10.3. The highest BCUT2D eigenvalue weighted by molar-refractivity contribution is 7.87. The molecule has 0 aliphatic carbocycles. The second kappa shape index (κ2) is 5.29. The summed E-state index contributed by atoms with van der Waals surface area (Å²) in [6.45, 7) is -0.355. The van der Waals surface area contributed by atoms with E-state index in [0.29, 0.717) is 4.31 Å². The highest BCUT2D eigenvalue weighted by Gasteiger charge is 2.38. The number of carboxylic acid groups (broad SMARTS) is 1. The van der Waals surface area contributed by atoms with Crippen molar-refractivity contribution in [1.29, 1.82) is 0 Å². The molecule has 0 saturated carbocycles. The Morgan fingerprint density at radius 1 is 1.53 bits per heavy atom. The summed E-state index contributed by atoms with van der Waals surface area (Å²) in [7, 11) is -3.24. The van der Waals surface area contributed by atoms with Crippen molar-refractivity contribution >= 4 is 22.3 Å². The minimum Gasteiger partial charge on any atom is -0.480 e. The first-order valence-electron chi connectivity index (χ1n) is 4.56. The van der Waals surface area contributed by atoms with Crippen LogP contribution in [-0.4, -0.2) is 62.8 Å². The average molecular weight is 268 g/mol. The van der Waals surface area contributed by atoms with E-state index in [4.69, 9.17) is 9.84 Å². The van der Waals surface area contributed by atoms with Crippen molar-refractivity contribution in [2.45, 2.75) is 6.04 Å². The van der Waals surface area contributed by atoms with Gasteiger partial charge in [-0.15, -0.1) is 0 Å². The molecule has 0 aromatic heterocycles. The van der Waals surface area contributed by atoms with Crippen LogP contribution in [0, 0.1) is 0 Å². The van der Waals surface area contributed by atoms with Crippen molar-refractivity contribution in [3.05, 3.63) is 0 Å². The van der Waals surface area contributed by atoms with E-state index in [9.17, 15) is 18.0 Å². The number of ether oxygens (including phenoxy) is 2. The van der Waals surface area contributed by atoms with Crippen LogP contribution in [0.15, 0.2) is 0 Å². The summed E-state index contributed by atoms with van der Waals surface area (Å²) in [5.74, 6) is -1.35. The van der Waals surface area contributed by atoms with Crippen LogP contribution >= 0.6 is 0 Å². The Morgan fingerprint density at radius 2 is 2.18 bits per heavy atom. The minimum atomic E-state index is -4.24. The molecule has 1 amide bonds. The van der Waals surface area contributed by atoms with Crippen LogP contribution in [0.4, 0.5) is 4.79 Å². The second-order valence-corrected chi connectivity index (χ2v) is 4.76. The maximum absolute atomic E-state index is 11.7. The Balaban J connectivity index is 2.87. The summed E-state index contributed by atoms with van der Waals surface area (Å²) in [4.78, 5) is 21.7. The van der Waals surface area contributed by atoms with Crippen molar-refractivity contribution in [2.75, 3.05) is 26.9 Å². The number of aliphatic carboxylic acids is 1. The number of rotatable bonds is 3. The Hall–Kier alpha value is -1.39. The third-order valence-corrected chi connectivity index (χ3v) is 3.55. The predicted molar refractivity (Wildman–Crippen MR) is 53.4 cm³/mol. The van der Waals surface area contributed by atoms with E-state index < -0.39 is 28.3 Å². The lowest BCUT2D eigenvalue weighted by molar-refractivity contribution is -0.146. The lowest BCUT2D eigenvalue weighted by Gasteiger charge is -2.31. The summed E-state index contributed by atoms with van der Waals surface area (Å²) in [6, 6.07) is -1.36. The van der Waals surface area contributed by atoms with Gasteiger partial charge in [-0.05, 0) is 0 Å². The van der Waals surface area contributed by atoms with E-state index in [1.165, 1.54) is 0 Å². The third kappa shape index (κ3) is 3.28. The number of carbonyl (C=O) groups is 2. The Morgan fingerprint density at radius 3 is 2.71 bits per heavy atom. The summed E-state index contributed by atoms with van der Waals surface area (Å²) in [6.07, 6.45) is -1.18. The molecule has 1 aliphatic heterocycles. The number of hydrogen-bond donors (Lipinski definition) is 2. The smallest absolute Gasteiger partial charge is 0.421 e. The van der Waals surface area contributed by atoms with Crippen LogP contribution in [0.25, 0.3) is 0 Å². The fraction of sp³-hybridized carbons (Fsp3) is 0.714. The van der Waals surface area contributed by atoms with E-state index in [2.05, 4.69) is 4.74 Å². The Labute approximate surface area is 97.5 Å². The molecule has 0 bridgehead atoms. The first kappa shape index (κ1) is 13.7. The Kier molecular flexibility index (Phi) is 4.26. The van der Waals surface area contributed by atoms with Gasteiger partial charge in [0.25, 0.3) is 0 Å². The minimum absolute atomic E-state index is 0.0614. The number of methoxy groups -OCH3 is 1. The van der Waals surface area contributed by atoms with E-state index >= 15 is 0 Å². The second-order valence-electron chi connectivity index (χ2n) is 3.14. The molecule has 1 fully saturated rings. The van der Waals surface area contributed by atoms with Crippen LogP contribution in [0.1, 0.15) is 0 Å². The van der Waals surface area contributed by atoms with Crippen LogP contribution in [-0.2, 0) is 24.5 Å². The average Bonchev–Trinajstić information content (AvgIpc) is 2.28. The van der Waals surface area contributed by atoms with Crippen LogP contribution in [0.3, 0.4) is 0 Å². The number of hydrogen-bond acceptors (Lipinski definition) is 6. The Bertz CT molecular complexity index is 406. The molecule has 0 aromatic rings. The molecule has 1 heterocycles. The van der Waals surface area contributed by atoms with Crippen LogP contribution in [0.5, 0.6) is 0 Å². The molecule has 2 N–H and O–H groups in total.